The normalized spacial score (nSPS) is 16.5. The van der Waals surface area contributed by atoms with Gasteiger partial charge in [-0.05, 0) is 47.7 Å². The molecule has 11 heteroatoms. The molecule has 0 radical (unpaired) electrons. The fourth-order valence-corrected chi connectivity index (χ4v) is 5.44. The molecular weight excluding hydrogens is 542 g/mol. The highest BCUT2D eigenvalue weighted by Gasteiger charge is 2.28. The molecule has 1 aromatic heterocycles. The quantitative estimate of drug-likeness (QED) is 0.264. The molecule has 224 valence electrons. The van der Waals surface area contributed by atoms with Crippen LogP contribution >= 0.6 is 0 Å². The molecule has 0 unspecified atom stereocenters. The van der Waals surface area contributed by atoms with E-state index >= 15 is 0 Å². The monoisotopic (exact) mass is 580 g/mol. The number of halogens is 2. The molecule has 2 aliphatic heterocycles. The smallest absolute Gasteiger partial charge is 0.264 e. The molecule has 1 saturated heterocycles. The first-order chi connectivity index (χ1) is 20.2. The molecule has 4 rings (SSSR count). The number of alkyl halides is 2. The van der Waals surface area contributed by atoms with E-state index in [9.17, 15) is 18.4 Å². The van der Waals surface area contributed by atoms with Crippen LogP contribution in [0, 0.1) is 5.41 Å². The van der Waals surface area contributed by atoms with Gasteiger partial charge in [0.25, 0.3) is 6.43 Å². The summed E-state index contributed by atoms with van der Waals surface area (Å²) in [5, 5.41) is 12.7. The van der Waals surface area contributed by atoms with E-state index < -0.39 is 6.43 Å². The van der Waals surface area contributed by atoms with Crippen molar-refractivity contribution in [3.05, 3.63) is 64.9 Å². The van der Waals surface area contributed by atoms with Gasteiger partial charge in [-0.3, -0.25) is 15.2 Å². The van der Waals surface area contributed by atoms with Gasteiger partial charge in [0.2, 0.25) is 5.91 Å². The second-order valence-corrected chi connectivity index (χ2v) is 10.4. The summed E-state index contributed by atoms with van der Waals surface area (Å²) in [5.74, 6) is 0.0475. The number of likely N-dealkylation sites (N-methyl/N-ethyl adjacent to an activating group) is 1. The van der Waals surface area contributed by atoms with E-state index in [2.05, 4.69) is 16.9 Å². The first kappa shape index (κ1) is 30.8. The van der Waals surface area contributed by atoms with Gasteiger partial charge in [-0.15, -0.1) is 0 Å². The highest BCUT2D eigenvalue weighted by atomic mass is 19.3. The lowest BCUT2D eigenvalue weighted by Gasteiger charge is -2.35. The number of anilines is 1. The predicted octanol–water partition coefficient (Wildman–Crippen LogP) is 4.15. The van der Waals surface area contributed by atoms with Crippen molar-refractivity contribution < 1.29 is 23.1 Å². The van der Waals surface area contributed by atoms with Gasteiger partial charge in [0.15, 0.2) is 0 Å². The van der Waals surface area contributed by atoms with Crippen molar-refractivity contribution in [2.75, 3.05) is 45.3 Å². The fraction of sp³-hybridized carbons (Fsp3) is 0.419. The Morgan fingerprint density at radius 2 is 2.02 bits per heavy atom. The van der Waals surface area contributed by atoms with Crippen LogP contribution in [0.4, 0.5) is 14.5 Å². The van der Waals surface area contributed by atoms with Crippen LogP contribution in [0.25, 0.3) is 17.3 Å². The van der Waals surface area contributed by atoms with Crippen molar-refractivity contribution in [2.45, 2.75) is 45.1 Å². The van der Waals surface area contributed by atoms with Crippen molar-refractivity contribution in [1.82, 2.24) is 14.8 Å². The molecule has 2 aromatic rings. The number of ether oxygens (including phenoxy) is 1. The van der Waals surface area contributed by atoms with Crippen LogP contribution in [0.15, 0.2) is 53.3 Å². The maximum atomic E-state index is 14.6. The van der Waals surface area contributed by atoms with Crippen molar-refractivity contribution >= 4 is 29.9 Å². The summed E-state index contributed by atoms with van der Waals surface area (Å²) in [5.41, 5.74) is 3.58. The Labute approximate surface area is 244 Å². The average Bonchev–Trinajstić information content (AvgIpc) is 3.00. The SMILES string of the molecule is C=Cn1cc(CC=O)c(-c2ccc(N(C)C(=N)C3=C(NC4CCOCC4)CCN(C(C)=O)C3)cc2C(F)F)cc1=NC. The molecule has 2 aliphatic rings. The Morgan fingerprint density at radius 3 is 2.64 bits per heavy atom. The highest BCUT2D eigenvalue weighted by molar-refractivity contribution is 6.08. The van der Waals surface area contributed by atoms with Crippen LogP contribution in [-0.4, -0.2) is 73.9 Å². The Morgan fingerprint density at radius 1 is 1.29 bits per heavy atom. The van der Waals surface area contributed by atoms with E-state index in [-0.39, 0.29) is 41.9 Å². The number of rotatable bonds is 9. The summed E-state index contributed by atoms with van der Waals surface area (Å²) < 4.78 is 36.2. The Kier molecular flexibility index (Phi) is 10.1. The van der Waals surface area contributed by atoms with Gasteiger partial charge in [0, 0.05) is 94.6 Å². The number of pyridine rings is 1. The van der Waals surface area contributed by atoms with Gasteiger partial charge in [-0.25, -0.2) is 8.78 Å². The molecule has 1 aromatic carbocycles. The lowest BCUT2D eigenvalue weighted by Crippen LogP contribution is -2.45. The number of carbonyl (C=O) groups excluding carboxylic acids is 2. The number of nitrogens with zero attached hydrogens (tertiary/aromatic N) is 4. The molecule has 0 bridgehead atoms. The van der Waals surface area contributed by atoms with E-state index in [1.807, 2.05) is 0 Å². The molecule has 1 amide bonds. The third kappa shape index (κ3) is 6.67. The molecule has 0 atom stereocenters. The average molecular weight is 581 g/mol. The first-order valence-electron chi connectivity index (χ1n) is 14.0. The minimum absolute atomic E-state index is 0.0336. The highest BCUT2D eigenvalue weighted by Crippen LogP contribution is 2.36. The van der Waals surface area contributed by atoms with Crippen molar-refractivity contribution in [2.24, 2.45) is 4.99 Å². The minimum Gasteiger partial charge on any atom is -0.385 e. The summed E-state index contributed by atoms with van der Waals surface area (Å²) in [6.45, 7) is 7.40. The standard InChI is InChI=1S/C31H38F2N6O3/c1-5-38-18-21(9-13-40)25(17-29(38)35-3)24-7-6-23(16-26(24)30(32)33)37(4)31(34)27-19-39(20(2)41)12-8-28(27)36-22-10-14-42-15-11-22/h5-7,13,16-18,22,30,34,36H,1,8-12,14-15,19H2,2-4H3. The van der Waals surface area contributed by atoms with Crippen LogP contribution in [0.2, 0.25) is 0 Å². The summed E-state index contributed by atoms with van der Waals surface area (Å²) >= 11 is 0. The molecular formula is C31H38F2N6O3. The van der Waals surface area contributed by atoms with Crippen molar-refractivity contribution in [3.8, 4) is 11.1 Å². The van der Waals surface area contributed by atoms with E-state index in [0.29, 0.717) is 54.1 Å². The number of carbonyl (C=O) groups is 2. The number of aromatic nitrogens is 1. The molecule has 42 heavy (non-hydrogen) atoms. The van der Waals surface area contributed by atoms with E-state index in [4.69, 9.17) is 10.1 Å². The minimum atomic E-state index is -2.81. The van der Waals surface area contributed by atoms with Crippen LogP contribution in [0.1, 0.15) is 43.7 Å². The summed E-state index contributed by atoms with van der Waals surface area (Å²) in [6.07, 6.45) is 3.44. The Hall–Kier alpha value is -4.12. The van der Waals surface area contributed by atoms with Crippen LogP contribution in [0.3, 0.4) is 0 Å². The summed E-state index contributed by atoms with van der Waals surface area (Å²) in [7, 11) is 3.26. The van der Waals surface area contributed by atoms with Crippen molar-refractivity contribution in [3.63, 3.8) is 0 Å². The number of hydrogen-bond donors (Lipinski definition) is 2. The van der Waals surface area contributed by atoms with Crippen molar-refractivity contribution in [1.29, 1.82) is 5.41 Å². The number of hydrogen-bond acceptors (Lipinski definition) is 6. The molecule has 0 aliphatic carbocycles. The molecule has 0 saturated carbocycles. The number of nitrogens with one attached hydrogen (secondary N) is 2. The molecule has 3 heterocycles. The summed E-state index contributed by atoms with van der Waals surface area (Å²) in [4.78, 5) is 31.1. The number of amides is 1. The zero-order valence-electron chi connectivity index (χ0n) is 24.3. The first-order valence-corrected chi connectivity index (χ1v) is 14.0. The largest absolute Gasteiger partial charge is 0.385 e. The topological polar surface area (TPSA) is 103 Å². The predicted molar refractivity (Wildman–Crippen MR) is 159 cm³/mol. The molecule has 0 spiro atoms. The summed E-state index contributed by atoms with van der Waals surface area (Å²) in [6, 6.07) is 6.55. The number of amidine groups is 1. The third-order valence-electron chi connectivity index (χ3n) is 7.87. The van der Waals surface area contributed by atoms with E-state index in [1.165, 1.54) is 19.2 Å². The van der Waals surface area contributed by atoms with Gasteiger partial charge < -0.3 is 29.2 Å². The van der Waals surface area contributed by atoms with Crippen LogP contribution < -0.4 is 15.7 Å². The fourth-order valence-electron chi connectivity index (χ4n) is 5.44. The maximum Gasteiger partial charge on any atom is 0.264 e. The maximum absolute atomic E-state index is 14.6. The molecule has 1 fully saturated rings. The van der Waals surface area contributed by atoms with E-state index in [1.54, 1.807) is 52.9 Å². The lowest BCUT2D eigenvalue weighted by atomic mass is 9.94. The van der Waals surface area contributed by atoms with Gasteiger partial charge >= 0.3 is 0 Å². The van der Waals surface area contributed by atoms with Gasteiger partial charge in [0.1, 0.15) is 17.6 Å². The Balaban J connectivity index is 1.73. The van der Waals surface area contributed by atoms with E-state index in [0.717, 1.165) is 24.8 Å². The second kappa shape index (κ2) is 13.7. The van der Waals surface area contributed by atoms with Crippen LogP contribution in [-0.2, 0) is 20.7 Å². The zero-order valence-corrected chi connectivity index (χ0v) is 24.3. The second-order valence-electron chi connectivity index (χ2n) is 10.4. The van der Waals surface area contributed by atoms with Gasteiger partial charge in [-0.1, -0.05) is 12.6 Å². The van der Waals surface area contributed by atoms with Gasteiger partial charge in [0.05, 0.1) is 6.54 Å². The number of aldehydes is 1. The Bertz CT molecular complexity index is 1460. The molecule has 2 N–H and O–H groups in total. The van der Waals surface area contributed by atoms with Crippen LogP contribution in [0.5, 0.6) is 0 Å². The zero-order chi connectivity index (χ0) is 30.4. The molecule has 9 nitrogen and oxygen atoms in total. The number of benzene rings is 1. The lowest BCUT2D eigenvalue weighted by molar-refractivity contribution is -0.128. The third-order valence-corrected chi connectivity index (χ3v) is 7.87. The van der Waals surface area contributed by atoms with Gasteiger partial charge in [-0.2, -0.15) is 0 Å².